The minimum Gasteiger partial charge on any atom is -0.395 e. The minimum atomic E-state index is -3.62. The molecule has 1 fully saturated rings. The molecule has 2 N–H and O–H groups in total. The molecule has 1 saturated heterocycles. The summed E-state index contributed by atoms with van der Waals surface area (Å²) >= 11 is 0. The number of rotatable bonds is 2. The zero-order valence-corrected chi connectivity index (χ0v) is 10.6. The van der Waals surface area contributed by atoms with Crippen LogP contribution in [0.3, 0.4) is 0 Å². The molecule has 1 atom stereocenters. The highest BCUT2D eigenvalue weighted by atomic mass is 19.3. The van der Waals surface area contributed by atoms with E-state index in [-0.39, 0.29) is 23.4 Å². The van der Waals surface area contributed by atoms with Crippen LogP contribution < -0.4 is 20.1 Å². The standard InChI is InChI=1S/C13H14F2N2O3/c14-13(15)19-10-5-4-8(7-11(10)20-13)17-9-3-1-2-6-16-12(9)18/h4-5,7,9,17H,1-3,6H2,(H,16,18). The van der Waals surface area contributed by atoms with Crippen LogP contribution in [0.15, 0.2) is 18.2 Å². The van der Waals surface area contributed by atoms with E-state index in [1.54, 1.807) is 6.07 Å². The molecule has 2 aliphatic heterocycles. The van der Waals surface area contributed by atoms with Crippen molar-refractivity contribution in [2.24, 2.45) is 0 Å². The Hall–Kier alpha value is -2.05. The first-order chi connectivity index (χ1) is 9.53. The van der Waals surface area contributed by atoms with Gasteiger partial charge in [-0.05, 0) is 31.4 Å². The summed E-state index contributed by atoms with van der Waals surface area (Å²) in [5, 5.41) is 5.84. The summed E-state index contributed by atoms with van der Waals surface area (Å²) in [5.74, 6) is -0.120. The molecule has 3 rings (SSSR count). The van der Waals surface area contributed by atoms with Crippen LogP contribution in [-0.4, -0.2) is 24.8 Å². The molecule has 7 heteroatoms. The summed E-state index contributed by atoms with van der Waals surface area (Å²) in [7, 11) is 0. The van der Waals surface area contributed by atoms with Crippen LogP contribution >= 0.6 is 0 Å². The Kier molecular flexibility index (Phi) is 3.11. The molecule has 20 heavy (non-hydrogen) atoms. The Morgan fingerprint density at radius 3 is 2.90 bits per heavy atom. The quantitative estimate of drug-likeness (QED) is 0.873. The van der Waals surface area contributed by atoms with Gasteiger partial charge in [-0.25, -0.2) is 0 Å². The first-order valence-electron chi connectivity index (χ1n) is 6.48. The molecule has 0 saturated carbocycles. The zero-order valence-electron chi connectivity index (χ0n) is 10.6. The van der Waals surface area contributed by atoms with E-state index in [1.165, 1.54) is 12.1 Å². The number of ether oxygens (including phenoxy) is 2. The molecular weight excluding hydrogens is 270 g/mol. The van der Waals surface area contributed by atoms with Gasteiger partial charge in [0.05, 0.1) is 0 Å². The maximum Gasteiger partial charge on any atom is 0.586 e. The van der Waals surface area contributed by atoms with Crippen LogP contribution in [-0.2, 0) is 4.79 Å². The second kappa shape index (κ2) is 4.81. The van der Waals surface area contributed by atoms with E-state index in [0.717, 1.165) is 12.8 Å². The van der Waals surface area contributed by atoms with E-state index in [1.807, 2.05) is 0 Å². The molecule has 1 amide bonds. The summed E-state index contributed by atoms with van der Waals surface area (Å²) in [6.45, 7) is 0.671. The average molecular weight is 284 g/mol. The lowest BCUT2D eigenvalue weighted by Gasteiger charge is -2.16. The van der Waals surface area contributed by atoms with Crippen LogP contribution in [0.25, 0.3) is 0 Å². The van der Waals surface area contributed by atoms with E-state index < -0.39 is 6.29 Å². The number of nitrogens with one attached hydrogen (secondary N) is 2. The summed E-state index contributed by atoms with van der Waals surface area (Å²) < 4.78 is 34.5. The van der Waals surface area contributed by atoms with Gasteiger partial charge in [-0.15, -0.1) is 8.78 Å². The van der Waals surface area contributed by atoms with Crippen LogP contribution in [0, 0.1) is 0 Å². The highest BCUT2D eigenvalue weighted by molar-refractivity contribution is 5.85. The van der Waals surface area contributed by atoms with E-state index in [2.05, 4.69) is 20.1 Å². The van der Waals surface area contributed by atoms with Gasteiger partial charge in [-0.3, -0.25) is 4.79 Å². The van der Waals surface area contributed by atoms with Crippen LogP contribution in [0.1, 0.15) is 19.3 Å². The number of fused-ring (bicyclic) bond motifs is 1. The second-order valence-electron chi connectivity index (χ2n) is 4.81. The fraction of sp³-hybridized carbons (Fsp3) is 0.462. The topological polar surface area (TPSA) is 59.6 Å². The summed E-state index contributed by atoms with van der Waals surface area (Å²) in [4.78, 5) is 11.8. The molecular formula is C13H14F2N2O3. The largest absolute Gasteiger partial charge is 0.586 e. The van der Waals surface area contributed by atoms with Gasteiger partial charge >= 0.3 is 6.29 Å². The molecule has 2 aliphatic rings. The predicted octanol–water partition coefficient (Wildman–Crippen LogP) is 2.09. The molecule has 0 spiro atoms. The number of anilines is 1. The summed E-state index contributed by atoms with van der Waals surface area (Å²) in [6.07, 6.45) is -1.05. The third-order valence-corrected chi connectivity index (χ3v) is 3.28. The lowest BCUT2D eigenvalue weighted by molar-refractivity contribution is -0.286. The van der Waals surface area contributed by atoms with Gasteiger partial charge in [0, 0.05) is 18.3 Å². The van der Waals surface area contributed by atoms with Gasteiger partial charge < -0.3 is 20.1 Å². The molecule has 0 aromatic heterocycles. The Bertz CT molecular complexity index is 536. The average Bonchev–Trinajstić information content (AvgIpc) is 2.55. The fourth-order valence-electron chi connectivity index (χ4n) is 2.32. The highest BCUT2D eigenvalue weighted by Gasteiger charge is 2.43. The van der Waals surface area contributed by atoms with E-state index >= 15 is 0 Å². The molecule has 1 unspecified atom stereocenters. The third-order valence-electron chi connectivity index (χ3n) is 3.28. The lowest BCUT2D eigenvalue weighted by atomic mass is 10.1. The van der Waals surface area contributed by atoms with Gasteiger partial charge in [-0.1, -0.05) is 0 Å². The fourth-order valence-corrected chi connectivity index (χ4v) is 2.32. The Labute approximate surface area is 114 Å². The Morgan fingerprint density at radius 2 is 2.05 bits per heavy atom. The van der Waals surface area contributed by atoms with Crippen molar-refractivity contribution in [3.63, 3.8) is 0 Å². The van der Waals surface area contributed by atoms with E-state index in [9.17, 15) is 13.6 Å². The van der Waals surface area contributed by atoms with Gasteiger partial charge in [0.1, 0.15) is 6.04 Å². The summed E-state index contributed by atoms with van der Waals surface area (Å²) in [5.41, 5.74) is 0.548. The van der Waals surface area contributed by atoms with Crippen molar-refractivity contribution in [3.8, 4) is 11.5 Å². The smallest absolute Gasteiger partial charge is 0.395 e. The first kappa shape index (κ1) is 13.0. The number of amides is 1. The van der Waals surface area contributed by atoms with Crippen molar-refractivity contribution < 1.29 is 23.0 Å². The maximum atomic E-state index is 12.9. The SMILES string of the molecule is O=C1NCCCCC1Nc1ccc2c(c1)OC(F)(F)O2. The third kappa shape index (κ3) is 2.61. The number of halogens is 2. The lowest BCUT2D eigenvalue weighted by Crippen LogP contribution is -2.37. The van der Waals surface area contributed by atoms with E-state index in [4.69, 9.17) is 0 Å². The van der Waals surface area contributed by atoms with Crippen LogP contribution in [0.5, 0.6) is 11.5 Å². The highest BCUT2D eigenvalue weighted by Crippen LogP contribution is 2.42. The molecule has 0 radical (unpaired) electrons. The molecule has 1 aromatic carbocycles. The van der Waals surface area contributed by atoms with Gasteiger partial charge in [-0.2, -0.15) is 0 Å². The Morgan fingerprint density at radius 1 is 1.25 bits per heavy atom. The predicted molar refractivity (Wildman–Crippen MR) is 66.9 cm³/mol. The van der Waals surface area contributed by atoms with Gasteiger partial charge in [0.2, 0.25) is 5.91 Å². The number of hydrogen-bond acceptors (Lipinski definition) is 4. The number of benzene rings is 1. The number of hydrogen-bond donors (Lipinski definition) is 2. The minimum absolute atomic E-state index is 0.00846. The van der Waals surface area contributed by atoms with Crippen LogP contribution in [0.4, 0.5) is 14.5 Å². The molecule has 0 aliphatic carbocycles. The van der Waals surface area contributed by atoms with Crippen molar-refractivity contribution in [3.05, 3.63) is 18.2 Å². The van der Waals surface area contributed by atoms with Crippen molar-refractivity contribution >= 4 is 11.6 Å². The molecule has 1 aromatic rings. The molecule has 2 heterocycles. The van der Waals surface area contributed by atoms with Gasteiger partial charge in [0.15, 0.2) is 11.5 Å². The molecule has 108 valence electrons. The van der Waals surface area contributed by atoms with Crippen LogP contribution in [0.2, 0.25) is 0 Å². The van der Waals surface area contributed by atoms with Crippen molar-refractivity contribution in [1.29, 1.82) is 0 Å². The van der Waals surface area contributed by atoms with Crippen molar-refractivity contribution in [2.45, 2.75) is 31.6 Å². The monoisotopic (exact) mass is 284 g/mol. The number of carbonyl (C=O) groups is 1. The second-order valence-corrected chi connectivity index (χ2v) is 4.81. The van der Waals surface area contributed by atoms with Crippen molar-refractivity contribution in [1.82, 2.24) is 5.32 Å². The Balaban J connectivity index is 1.74. The first-order valence-corrected chi connectivity index (χ1v) is 6.48. The normalized spacial score (nSPS) is 23.9. The van der Waals surface area contributed by atoms with Gasteiger partial charge in [0.25, 0.3) is 0 Å². The molecule has 5 nitrogen and oxygen atoms in total. The molecule has 0 bridgehead atoms. The maximum absolute atomic E-state index is 12.9. The summed E-state index contributed by atoms with van der Waals surface area (Å²) in [6, 6.07) is 4.03. The number of carbonyl (C=O) groups excluding carboxylic acids is 1. The van der Waals surface area contributed by atoms with E-state index in [0.29, 0.717) is 18.7 Å². The number of alkyl halides is 2. The zero-order chi connectivity index (χ0) is 14.2. The van der Waals surface area contributed by atoms with Crippen molar-refractivity contribution in [2.75, 3.05) is 11.9 Å².